The van der Waals surface area contributed by atoms with E-state index in [0.717, 1.165) is 71.6 Å². The van der Waals surface area contributed by atoms with E-state index in [2.05, 4.69) is 10.6 Å². The van der Waals surface area contributed by atoms with Crippen molar-refractivity contribution < 1.29 is 14.3 Å². The molecule has 2 fully saturated rings. The largest absolute Gasteiger partial charge is 0.381 e. The smallest absolute Gasteiger partial charge is 0.224 e. The van der Waals surface area contributed by atoms with Crippen LogP contribution in [-0.4, -0.2) is 51.5 Å². The van der Waals surface area contributed by atoms with Gasteiger partial charge in [0.25, 0.3) is 0 Å². The minimum Gasteiger partial charge on any atom is -0.381 e. The number of hydrogen-bond acceptors (Lipinski definition) is 4. The van der Waals surface area contributed by atoms with Crippen LogP contribution in [0, 0.1) is 5.92 Å². The molecule has 0 spiro atoms. The molecule has 2 N–H and O–H groups in total. The Kier molecular flexibility index (Phi) is 9.18. The van der Waals surface area contributed by atoms with Gasteiger partial charge in [-0.2, -0.15) is 0 Å². The summed E-state index contributed by atoms with van der Waals surface area (Å²) >= 11 is 0. The van der Waals surface area contributed by atoms with E-state index in [0.29, 0.717) is 6.10 Å². The molecule has 0 bridgehead atoms. The highest BCUT2D eigenvalue weighted by Gasteiger charge is 2.20. The van der Waals surface area contributed by atoms with Crippen LogP contribution in [0.4, 0.5) is 0 Å². The van der Waals surface area contributed by atoms with Gasteiger partial charge in [-0.3, -0.25) is 4.79 Å². The first-order valence-corrected chi connectivity index (χ1v) is 7.54. The second kappa shape index (κ2) is 10.4. The highest BCUT2D eigenvalue weighted by molar-refractivity contribution is 5.85. The zero-order chi connectivity index (χ0) is 13.3. The molecule has 1 unspecified atom stereocenters. The number of piperidine rings is 1. The van der Waals surface area contributed by atoms with E-state index >= 15 is 0 Å². The fourth-order valence-corrected chi connectivity index (χ4v) is 2.60. The Morgan fingerprint density at radius 2 is 2.10 bits per heavy atom. The number of carbonyl (C=O) groups is 1. The summed E-state index contributed by atoms with van der Waals surface area (Å²) in [5.74, 6) is 0.350. The first kappa shape index (κ1) is 17.7. The van der Waals surface area contributed by atoms with E-state index in [1.807, 2.05) is 0 Å². The van der Waals surface area contributed by atoms with Crippen molar-refractivity contribution >= 4 is 18.3 Å². The highest BCUT2D eigenvalue weighted by Crippen LogP contribution is 2.11. The van der Waals surface area contributed by atoms with E-state index in [4.69, 9.17) is 9.47 Å². The van der Waals surface area contributed by atoms with Crippen molar-refractivity contribution in [2.24, 2.45) is 5.92 Å². The lowest BCUT2D eigenvalue weighted by molar-refractivity contribution is -0.125. The van der Waals surface area contributed by atoms with Gasteiger partial charge in [0.1, 0.15) is 0 Å². The van der Waals surface area contributed by atoms with Gasteiger partial charge in [-0.05, 0) is 38.6 Å². The molecule has 0 aromatic heterocycles. The summed E-state index contributed by atoms with van der Waals surface area (Å²) in [7, 11) is 0. The molecule has 0 aromatic rings. The van der Waals surface area contributed by atoms with Crippen LogP contribution in [0.2, 0.25) is 0 Å². The van der Waals surface area contributed by atoms with E-state index in [1.54, 1.807) is 0 Å². The molecule has 2 aliphatic rings. The third kappa shape index (κ3) is 6.39. The van der Waals surface area contributed by atoms with Gasteiger partial charge < -0.3 is 20.1 Å². The summed E-state index contributed by atoms with van der Waals surface area (Å²) in [6, 6.07) is 0. The molecule has 0 aliphatic carbocycles. The van der Waals surface area contributed by atoms with Crippen molar-refractivity contribution in [2.75, 3.05) is 39.5 Å². The number of ether oxygens (including phenoxy) is 2. The van der Waals surface area contributed by atoms with Crippen LogP contribution in [0.25, 0.3) is 0 Å². The molecular formula is C14H27ClN2O3. The maximum Gasteiger partial charge on any atom is 0.224 e. The third-order valence-corrected chi connectivity index (χ3v) is 3.81. The van der Waals surface area contributed by atoms with Crippen molar-refractivity contribution in [1.82, 2.24) is 10.6 Å². The summed E-state index contributed by atoms with van der Waals surface area (Å²) in [4.78, 5) is 11.9. The highest BCUT2D eigenvalue weighted by atomic mass is 35.5. The molecule has 2 saturated heterocycles. The summed E-state index contributed by atoms with van der Waals surface area (Å²) in [5.41, 5.74) is 0. The number of nitrogens with one attached hydrogen (secondary N) is 2. The Labute approximate surface area is 127 Å². The van der Waals surface area contributed by atoms with Gasteiger partial charge in [-0.1, -0.05) is 0 Å². The van der Waals surface area contributed by atoms with Gasteiger partial charge in [-0.25, -0.2) is 0 Å². The Balaban J connectivity index is 0.00000200. The van der Waals surface area contributed by atoms with Gasteiger partial charge in [0, 0.05) is 32.9 Å². The molecule has 118 valence electrons. The van der Waals surface area contributed by atoms with Gasteiger partial charge in [-0.15, -0.1) is 12.4 Å². The third-order valence-electron chi connectivity index (χ3n) is 3.81. The topological polar surface area (TPSA) is 59.6 Å². The summed E-state index contributed by atoms with van der Waals surface area (Å²) in [6.45, 7) is 4.95. The predicted molar refractivity (Wildman–Crippen MR) is 80.3 cm³/mol. The van der Waals surface area contributed by atoms with Crippen LogP contribution < -0.4 is 10.6 Å². The standard InChI is InChI=1S/C14H26N2O3.ClH/c17-14(12-3-1-6-15-11-12)16-7-2-8-19-13-4-9-18-10-5-13;/h12-13,15H,1-11H2,(H,16,17);1H. The number of carbonyl (C=O) groups excluding carboxylic acids is 1. The normalized spacial score (nSPS) is 23.9. The lowest BCUT2D eigenvalue weighted by Gasteiger charge is -2.23. The Morgan fingerprint density at radius 1 is 1.30 bits per heavy atom. The van der Waals surface area contributed by atoms with Gasteiger partial charge in [0.15, 0.2) is 0 Å². The van der Waals surface area contributed by atoms with E-state index in [9.17, 15) is 4.79 Å². The molecule has 5 nitrogen and oxygen atoms in total. The second-order valence-corrected chi connectivity index (χ2v) is 5.37. The van der Waals surface area contributed by atoms with Gasteiger partial charge in [0.2, 0.25) is 5.91 Å². The van der Waals surface area contributed by atoms with Crippen molar-refractivity contribution in [3.05, 3.63) is 0 Å². The number of hydrogen-bond donors (Lipinski definition) is 2. The second-order valence-electron chi connectivity index (χ2n) is 5.37. The van der Waals surface area contributed by atoms with Crippen molar-refractivity contribution in [3.8, 4) is 0 Å². The Morgan fingerprint density at radius 3 is 2.80 bits per heavy atom. The number of halogens is 1. The van der Waals surface area contributed by atoms with Gasteiger partial charge in [0.05, 0.1) is 12.0 Å². The fourth-order valence-electron chi connectivity index (χ4n) is 2.60. The molecule has 2 heterocycles. The summed E-state index contributed by atoms with van der Waals surface area (Å²) in [6.07, 6.45) is 5.36. The minimum atomic E-state index is 0. The molecule has 2 rings (SSSR count). The molecule has 0 aromatic carbocycles. The SMILES string of the molecule is Cl.O=C(NCCCOC1CCOCC1)C1CCCNC1. The van der Waals surface area contributed by atoms with Crippen molar-refractivity contribution in [3.63, 3.8) is 0 Å². The van der Waals surface area contributed by atoms with Crippen molar-refractivity contribution in [1.29, 1.82) is 0 Å². The van der Waals surface area contributed by atoms with Crippen LogP contribution in [0.3, 0.4) is 0 Å². The molecule has 20 heavy (non-hydrogen) atoms. The molecule has 2 aliphatic heterocycles. The lowest BCUT2D eigenvalue weighted by Crippen LogP contribution is -2.41. The Hall–Kier alpha value is -0.360. The summed E-state index contributed by atoms with van der Waals surface area (Å²) in [5, 5.41) is 6.27. The predicted octanol–water partition coefficient (Wildman–Crippen LogP) is 1.11. The zero-order valence-electron chi connectivity index (χ0n) is 12.1. The van der Waals surface area contributed by atoms with Crippen LogP contribution in [0.1, 0.15) is 32.1 Å². The van der Waals surface area contributed by atoms with Crippen molar-refractivity contribution in [2.45, 2.75) is 38.2 Å². The lowest BCUT2D eigenvalue weighted by atomic mass is 9.99. The first-order chi connectivity index (χ1) is 9.36. The fraction of sp³-hybridized carbons (Fsp3) is 0.929. The average molecular weight is 307 g/mol. The molecular weight excluding hydrogens is 280 g/mol. The maximum absolute atomic E-state index is 11.9. The van der Waals surface area contributed by atoms with Crippen LogP contribution in [0.5, 0.6) is 0 Å². The van der Waals surface area contributed by atoms with E-state index in [-0.39, 0.29) is 24.2 Å². The van der Waals surface area contributed by atoms with Gasteiger partial charge >= 0.3 is 0 Å². The average Bonchev–Trinajstić information content (AvgIpc) is 2.49. The minimum absolute atomic E-state index is 0. The zero-order valence-corrected chi connectivity index (χ0v) is 12.9. The van der Waals surface area contributed by atoms with Crippen LogP contribution in [0.15, 0.2) is 0 Å². The maximum atomic E-state index is 11.9. The number of amides is 1. The molecule has 0 saturated carbocycles. The number of rotatable bonds is 6. The van der Waals surface area contributed by atoms with Crippen LogP contribution in [-0.2, 0) is 14.3 Å². The molecule has 6 heteroatoms. The molecule has 0 radical (unpaired) electrons. The van der Waals surface area contributed by atoms with E-state index < -0.39 is 0 Å². The molecule has 1 atom stereocenters. The Bertz CT molecular complexity index is 267. The summed E-state index contributed by atoms with van der Waals surface area (Å²) < 4.78 is 11.0. The van der Waals surface area contributed by atoms with E-state index in [1.165, 1.54) is 0 Å². The quantitative estimate of drug-likeness (QED) is 0.722. The van der Waals surface area contributed by atoms with Crippen LogP contribution >= 0.6 is 12.4 Å². The molecule has 1 amide bonds. The monoisotopic (exact) mass is 306 g/mol. The first-order valence-electron chi connectivity index (χ1n) is 7.54.